The molecule has 0 unspecified atom stereocenters. The van der Waals surface area contributed by atoms with Gasteiger partial charge in [0.15, 0.2) is 12.6 Å². The maximum Gasteiger partial charge on any atom is 0.281 e. The van der Waals surface area contributed by atoms with Gasteiger partial charge in [0.1, 0.15) is 0 Å². The monoisotopic (exact) mass is 257 g/mol. The van der Waals surface area contributed by atoms with Gasteiger partial charge in [-0.15, -0.1) is 0 Å². The van der Waals surface area contributed by atoms with Gasteiger partial charge in [-0.3, -0.25) is 19.7 Å². The highest BCUT2D eigenvalue weighted by molar-refractivity contribution is 9.10. The molecule has 0 radical (unpaired) electrons. The summed E-state index contributed by atoms with van der Waals surface area (Å²) < 4.78 is 0.296. The van der Waals surface area contributed by atoms with Crippen molar-refractivity contribution in [3.05, 3.63) is 37.8 Å². The van der Waals surface area contributed by atoms with E-state index in [2.05, 4.69) is 15.9 Å². The summed E-state index contributed by atoms with van der Waals surface area (Å²) in [7, 11) is 0. The van der Waals surface area contributed by atoms with Crippen LogP contribution in [0.25, 0.3) is 0 Å². The van der Waals surface area contributed by atoms with Crippen LogP contribution in [0.3, 0.4) is 0 Å². The number of benzene rings is 1. The molecule has 1 aromatic rings. The van der Waals surface area contributed by atoms with Gasteiger partial charge in [0, 0.05) is 16.1 Å². The number of nitro groups is 1. The second-order valence-electron chi connectivity index (χ2n) is 2.43. The van der Waals surface area contributed by atoms with Crippen LogP contribution in [0.2, 0.25) is 0 Å². The molecule has 1 aromatic carbocycles. The number of nitro benzene ring substituents is 1. The minimum atomic E-state index is -0.678. The van der Waals surface area contributed by atoms with Crippen molar-refractivity contribution < 1.29 is 14.5 Å². The third kappa shape index (κ3) is 1.85. The summed E-state index contributed by atoms with van der Waals surface area (Å²) in [5.41, 5.74) is -0.226. The van der Waals surface area contributed by atoms with E-state index in [-0.39, 0.29) is 16.8 Å². The molecular formula is C8H4BrNO4. The molecule has 0 saturated heterocycles. The van der Waals surface area contributed by atoms with Crippen molar-refractivity contribution in [3.8, 4) is 0 Å². The molecule has 0 atom stereocenters. The lowest BCUT2D eigenvalue weighted by Crippen LogP contribution is -1.96. The summed E-state index contributed by atoms with van der Waals surface area (Å²) in [5, 5.41) is 10.5. The molecule has 5 nitrogen and oxygen atoms in total. The first kappa shape index (κ1) is 10.5. The summed E-state index contributed by atoms with van der Waals surface area (Å²) >= 11 is 2.99. The van der Waals surface area contributed by atoms with Crippen LogP contribution >= 0.6 is 15.9 Å². The maximum absolute atomic E-state index is 10.5. The normalized spacial score (nSPS) is 9.50. The Bertz CT molecular complexity index is 416. The van der Waals surface area contributed by atoms with Crippen molar-refractivity contribution in [3.63, 3.8) is 0 Å². The van der Waals surface area contributed by atoms with Gasteiger partial charge in [-0.25, -0.2) is 0 Å². The number of hydrogen-bond donors (Lipinski definition) is 0. The van der Waals surface area contributed by atoms with Crippen LogP contribution in [0.5, 0.6) is 0 Å². The first-order valence-corrected chi connectivity index (χ1v) is 4.27. The summed E-state index contributed by atoms with van der Waals surface area (Å²) in [6, 6.07) is 2.30. The van der Waals surface area contributed by atoms with Crippen LogP contribution in [-0.4, -0.2) is 17.5 Å². The Morgan fingerprint density at radius 1 is 1.21 bits per heavy atom. The zero-order valence-electron chi connectivity index (χ0n) is 6.77. The molecule has 0 aromatic heterocycles. The topological polar surface area (TPSA) is 77.3 Å². The second kappa shape index (κ2) is 4.10. The fourth-order valence-electron chi connectivity index (χ4n) is 0.940. The van der Waals surface area contributed by atoms with E-state index < -0.39 is 4.92 Å². The molecule has 0 aliphatic carbocycles. The van der Waals surface area contributed by atoms with Crippen molar-refractivity contribution in [2.24, 2.45) is 0 Å². The van der Waals surface area contributed by atoms with Crippen LogP contribution < -0.4 is 0 Å². The van der Waals surface area contributed by atoms with Crippen LogP contribution in [0.4, 0.5) is 5.69 Å². The fourth-order valence-corrected chi connectivity index (χ4v) is 1.36. The number of rotatable bonds is 3. The quantitative estimate of drug-likeness (QED) is 0.471. The first-order chi connectivity index (χ1) is 6.60. The number of carbonyl (C=O) groups excluding carboxylic acids is 2. The molecule has 1 rings (SSSR count). The van der Waals surface area contributed by atoms with Gasteiger partial charge in [-0.05, 0) is 22.0 Å². The molecule has 0 N–H and O–H groups in total. The van der Waals surface area contributed by atoms with Crippen LogP contribution in [-0.2, 0) is 0 Å². The van der Waals surface area contributed by atoms with E-state index in [0.29, 0.717) is 17.0 Å². The maximum atomic E-state index is 10.5. The average Bonchev–Trinajstić information content (AvgIpc) is 2.17. The first-order valence-electron chi connectivity index (χ1n) is 3.48. The summed E-state index contributed by atoms with van der Waals surface area (Å²) in [6.07, 6.45) is 0.860. The van der Waals surface area contributed by atoms with Crippen LogP contribution in [0, 0.1) is 10.1 Å². The lowest BCUT2D eigenvalue weighted by atomic mass is 10.1. The molecular weight excluding hydrogens is 254 g/mol. The molecule has 6 heteroatoms. The molecule has 0 heterocycles. The SMILES string of the molecule is O=Cc1cc(C=O)c([N+](=O)[O-])cc1Br. The van der Waals surface area contributed by atoms with Gasteiger partial charge < -0.3 is 0 Å². The lowest BCUT2D eigenvalue weighted by molar-refractivity contribution is -0.385. The van der Waals surface area contributed by atoms with Crippen molar-refractivity contribution >= 4 is 34.2 Å². The molecule has 0 amide bonds. The van der Waals surface area contributed by atoms with Gasteiger partial charge >= 0.3 is 0 Å². The van der Waals surface area contributed by atoms with Crippen molar-refractivity contribution in [2.75, 3.05) is 0 Å². The minimum Gasteiger partial charge on any atom is -0.298 e. The van der Waals surface area contributed by atoms with E-state index in [1.165, 1.54) is 6.07 Å². The Labute approximate surface area is 87.0 Å². The van der Waals surface area contributed by atoms with E-state index in [4.69, 9.17) is 0 Å². The Kier molecular flexibility index (Phi) is 3.08. The van der Waals surface area contributed by atoms with Gasteiger partial charge in [-0.1, -0.05) is 0 Å². The highest BCUT2D eigenvalue weighted by Crippen LogP contribution is 2.25. The Balaban J connectivity index is 3.46. The number of carbonyl (C=O) groups is 2. The standard InChI is InChI=1S/C8H4BrNO4/c9-7-2-8(10(13)14)6(4-12)1-5(7)3-11/h1-4H. The van der Waals surface area contributed by atoms with Gasteiger partial charge in [0.25, 0.3) is 5.69 Å². The Morgan fingerprint density at radius 2 is 1.79 bits per heavy atom. The average molecular weight is 258 g/mol. The number of nitrogens with zero attached hydrogens (tertiary/aromatic N) is 1. The predicted molar refractivity (Wildman–Crippen MR) is 51.6 cm³/mol. The third-order valence-electron chi connectivity index (χ3n) is 1.60. The van der Waals surface area contributed by atoms with Crippen LogP contribution in [0.1, 0.15) is 20.7 Å². The molecule has 0 fully saturated rings. The van der Waals surface area contributed by atoms with E-state index in [0.717, 1.165) is 6.07 Å². The number of hydrogen-bond acceptors (Lipinski definition) is 4. The highest BCUT2D eigenvalue weighted by atomic mass is 79.9. The number of halogens is 1. The summed E-state index contributed by atoms with van der Waals surface area (Å²) in [5.74, 6) is 0. The summed E-state index contributed by atoms with van der Waals surface area (Å²) in [6.45, 7) is 0. The fraction of sp³-hybridized carbons (Fsp3) is 0. The van der Waals surface area contributed by atoms with Crippen molar-refractivity contribution in [2.45, 2.75) is 0 Å². The molecule has 0 saturated carbocycles. The van der Waals surface area contributed by atoms with E-state index >= 15 is 0 Å². The molecule has 0 bridgehead atoms. The van der Waals surface area contributed by atoms with Gasteiger partial charge in [0.2, 0.25) is 0 Å². The lowest BCUT2D eigenvalue weighted by Gasteiger charge is -1.99. The molecule has 0 aliphatic rings. The van der Waals surface area contributed by atoms with E-state index in [1.807, 2.05) is 0 Å². The third-order valence-corrected chi connectivity index (χ3v) is 2.28. The zero-order chi connectivity index (χ0) is 10.7. The Hall–Kier alpha value is -1.56. The molecule has 0 aliphatic heterocycles. The Morgan fingerprint density at radius 3 is 2.21 bits per heavy atom. The molecule has 0 spiro atoms. The minimum absolute atomic E-state index is 0.111. The van der Waals surface area contributed by atoms with Crippen molar-refractivity contribution in [1.82, 2.24) is 0 Å². The van der Waals surface area contributed by atoms with Gasteiger partial charge in [0.05, 0.1) is 10.5 Å². The predicted octanol–water partition coefficient (Wildman–Crippen LogP) is 1.98. The van der Waals surface area contributed by atoms with E-state index in [1.54, 1.807) is 0 Å². The largest absolute Gasteiger partial charge is 0.298 e. The van der Waals surface area contributed by atoms with Crippen LogP contribution in [0.15, 0.2) is 16.6 Å². The smallest absolute Gasteiger partial charge is 0.281 e. The zero-order valence-corrected chi connectivity index (χ0v) is 8.35. The van der Waals surface area contributed by atoms with Gasteiger partial charge in [-0.2, -0.15) is 0 Å². The highest BCUT2D eigenvalue weighted by Gasteiger charge is 2.16. The molecule has 14 heavy (non-hydrogen) atoms. The molecule has 72 valence electrons. The number of aldehydes is 2. The van der Waals surface area contributed by atoms with Crippen molar-refractivity contribution in [1.29, 1.82) is 0 Å². The second-order valence-corrected chi connectivity index (χ2v) is 3.28. The summed E-state index contributed by atoms with van der Waals surface area (Å²) in [4.78, 5) is 30.7. The van der Waals surface area contributed by atoms with E-state index in [9.17, 15) is 19.7 Å².